The lowest BCUT2D eigenvalue weighted by molar-refractivity contribution is -0.150. The minimum absolute atomic E-state index is 0.137. The van der Waals surface area contributed by atoms with Crippen LogP contribution in [0.2, 0.25) is 0 Å². The van der Waals surface area contributed by atoms with Crippen molar-refractivity contribution in [1.82, 2.24) is 0 Å². The van der Waals surface area contributed by atoms with Crippen molar-refractivity contribution >= 4 is 5.97 Å². The summed E-state index contributed by atoms with van der Waals surface area (Å²) in [5.41, 5.74) is 0.922. The number of phenolic OH excluding ortho intramolecular Hbond substituents is 1. The quantitative estimate of drug-likeness (QED) is 0.743. The molecule has 0 saturated heterocycles. The number of phenols is 1. The predicted molar refractivity (Wildman–Crippen MR) is 52.9 cm³/mol. The van der Waals surface area contributed by atoms with E-state index in [2.05, 4.69) is 0 Å². The Hall–Kier alpha value is -1.71. The zero-order chi connectivity index (χ0) is 10.8. The molecular weight excluding hydrogens is 196 g/mol. The first-order valence-corrected chi connectivity index (χ1v) is 4.86. The van der Waals surface area contributed by atoms with E-state index >= 15 is 0 Å². The standard InChI is InChI=1S/C11H12O4/c1-2-14-11(13)10-5-7-3-4-8(12)6-9(7)15-10/h3-4,6,10,12H,2,5H2,1H3. The molecule has 1 unspecified atom stereocenters. The highest BCUT2D eigenvalue weighted by Crippen LogP contribution is 2.32. The molecular formula is C11H12O4. The molecule has 1 heterocycles. The van der Waals surface area contributed by atoms with Gasteiger partial charge in [-0.1, -0.05) is 6.07 Å². The van der Waals surface area contributed by atoms with Crippen molar-refractivity contribution < 1.29 is 19.4 Å². The molecule has 1 aliphatic heterocycles. The Bertz CT molecular complexity index is 386. The molecule has 2 rings (SSSR count). The number of hydrogen-bond acceptors (Lipinski definition) is 4. The lowest BCUT2D eigenvalue weighted by Gasteiger charge is -2.08. The molecule has 0 fully saturated rings. The summed E-state index contributed by atoms with van der Waals surface area (Å²) in [6.45, 7) is 2.10. The summed E-state index contributed by atoms with van der Waals surface area (Å²) >= 11 is 0. The van der Waals surface area contributed by atoms with Crippen molar-refractivity contribution in [3.8, 4) is 11.5 Å². The predicted octanol–water partition coefficient (Wildman–Crippen LogP) is 1.26. The van der Waals surface area contributed by atoms with Gasteiger partial charge >= 0.3 is 5.97 Å². The van der Waals surface area contributed by atoms with E-state index in [1.807, 2.05) is 0 Å². The second-order valence-electron chi connectivity index (χ2n) is 3.35. The molecule has 1 aliphatic rings. The Kier molecular flexibility index (Phi) is 2.49. The van der Waals surface area contributed by atoms with Crippen molar-refractivity contribution in [3.63, 3.8) is 0 Å². The number of benzene rings is 1. The smallest absolute Gasteiger partial charge is 0.347 e. The maximum atomic E-state index is 11.4. The van der Waals surface area contributed by atoms with Crippen molar-refractivity contribution in [2.75, 3.05) is 6.61 Å². The zero-order valence-electron chi connectivity index (χ0n) is 8.40. The third-order valence-corrected chi connectivity index (χ3v) is 2.27. The van der Waals surface area contributed by atoms with E-state index in [1.165, 1.54) is 6.07 Å². The molecule has 1 aromatic carbocycles. The highest BCUT2D eigenvalue weighted by Gasteiger charge is 2.30. The van der Waals surface area contributed by atoms with Crippen LogP contribution in [-0.2, 0) is 16.0 Å². The number of rotatable bonds is 2. The van der Waals surface area contributed by atoms with Gasteiger partial charge in [0.1, 0.15) is 11.5 Å². The van der Waals surface area contributed by atoms with E-state index in [4.69, 9.17) is 9.47 Å². The number of ether oxygens (including phenoxy) is 2. The van der Waals surface area contributed by atoms with Crippen LogP contribution in [0.1, 0.15) is 12.5 Å². The van der Waals surface area contributed by atoms with Crippen molar-refractivity contribution in [3.05, 3.63) is 23.8 Å². The Morgan fingerprint density at radius 1 is 1.67 bits per heavy atom. The average molecular weight is 208 g/mol. The number of carbonyl (C=O) groups is 1. The molecule has 80 valence electrons. The zero-order valence-corrected chi connectivity index (χ0v) is 8.40. The maximum absolute atomic E-state index is 11.4. The van der Waals surface area contributed by atoms with Crippen LogP contribution in [0.5, 0.6) is 11.5 Å². The number of fused-ring (bicyclic) bond motifs is 1. The highest BCUT2D eigenvalue weighted by molar-refractivity contribution is 5.77. The van der Waals surface area contributed by atoms with Gasteiger partial charge in [0.15, 0.2) is 6.10 Å². The minimum Gasteiger partial charge on any atom is -0.508 e. The lowest BCUT2D eigenvalue weighted by Crippen LogP contribution is -2.27. The first-order chi connectivity index (χ1) is 7.20. The van der Waals surface area contributed by atoms with E-state index < -0.39 is 6.10 Å². The van der Waals surface area contributed by atoms with Crippen LogP contribution >= 0.6 is 0 Å². The summed E-state index contributed by atoms with van der Waals surface area (Å²) in [4.78, 5) is 11.4. The van der Waals surface area contributed by atoms with Gasteiger partial charge in [-0.15, -0.1) is 0 Å². The molecule has 0 amide bonds. The summed E-state index contributed by atoms with van der Waals surface area (Å²) < 4.78 is 10.2. The Morgan fingerprint density at radius 3 is 3.20 bits per heavy atom. The SMILES string of the molecule is CCOC(=O)C1Cc2ccc(O)cc2O1. The Labute approximate surface area is 87.4 Å². The van der Waals surface area contributed by atoms with Crippen molar-refractivity contribution in [2.24, 2.45) is 0 Å². The van der Waals surface area contributed by atoms with Gasteiger partial charge in [-0.3, -0.25) is 0 Å². The fourth-order valence-corrected chi connectivity index (χ4v) is 1.58. The molecule has 0 spiro atoms. The van der Waals surface area contributed by atoms with Crippen molar-refractivity contribution in [1.29, 1.82) is 0 Å². The van der Waals surface area contributed by atoms with Crippen LogP contribution in [0.3, 0.4) is 0 Å². The Morgan fingerprint density at radius 2 is 2.47 bits per heavy atom. The molecule has 0 radical (unpaired) electrons. The first kappa shape index (κ1) is 9.83. The fraction of sp³-hybridized carbons (Fsp3) is 0.364. The Balaban J connectivity index is 2.12. The van der Waals surface area contributed by atoms with Gasteiger partial charge in [-0.25, -0.2) is 4.79 Å². The average Bonchev–Trinajstić information content (AvgIpc) is 2.60. The number of aromatic hydroxyl groups is 1. The molecule has 1 N–H and O–H groups in total. The number of esters is 1. The third-order valence-electron chi connectivity index (χ3n) is 2.27. The summed E-state index contributed by atoms with van der Waals surface area (Å²) in [7, 11) is 0. The second-order valence-corrected chi connectivity index (χ2v) is 3.35. The van der Waals surface area contributed by atoms with Gasteiger partial charge in [0.25, 0.3) is 0 Å². The van der Waals surface area contributed by atoms with E-state index in [9.17, 15) is 9.90 Å². The minimum atomic E-state index is -0.568. The van der Waals surface area contributed by atoms with Crippen LogP contribution in [0.25, 0.3) is 0 Å². The fourth-order valence-electron chi connectivity index (χ4n) is 1.58. The number of carbonyl (C=O) groups excluding carboxylic acids is 1. The molecule has 15 heavy (non-hydrogen) atoms. The molecule has 1 aromatic rings. The van der Waals surface area contributed by atoms with Gasteiger partial charge in [-0.2, -0.15) is 0 Å². The van der Waals surface area contributed by atoms with E-state index in [0.29, 0.717) is 18.8 Å². The van der Waals surface area contributed by atoms with Crippen LogP contribution in [0.15, 0.2) is 18.2 Å². The summed E-state index contributed by atoms with van der Waals surface area (Å²) in [5.74, 6) is 0.347. The molecule has 4 heteroatoms. The van der Waals surface area contributed by atoms with Gasteiger partial charge in [0.05, 0.1) is 6.61 Å². The largest absolute Gasteiger partial charge is 0.508 e. The summed E-state index contributed by atoms with van der Waals surface area (Å²) in [6, 6.07) is 4.84. The molecule has 0 saturated carbocycles. The van der Waals surface area contributed by atoms with E-state index in [-0.39, 0.29) is 11.7 Å². The third kappa shape index (κ3) is 1.88. The van der Waals surface area contributed by atoms with Gasteiger partial charge in [0, 0.05) is 12.5 Å². The number of hydrogen-bond donors (Lipinski definition) is 1. The molecule has 0 bridgehead atoms. The molecule has 0 aliphatic carbocycles. The topological polar surface area (TPSA) is 55.8 Å². The second kappa shape index (κ2) is 3.81. The van der Waals surface area contributed by atoms with E-state index in [1.54, 1.807) is 19.1 Å². The van der Waals surface area contributed by atoms with Crippen molar-refractivity contribution in [2.45, 2.75) is 19.4 Å². The lowest BCUT2D eigenvalue weighted by atomic mass is 10.1. The maximum Gasteiger partial charge on any atom is 0.347 e. The van der Waals surface area contributed by atoms with Crippen LogP contribution in [0, 0.1) is 0 Å². The first-order valence-electron chi connectivity index (χ1n) is 4.86. The van der Waals surface area contributed by atoms with Gasteiger partial charge in [-0.05, 0) is 18.6 Å². The van der Waals surface area contributed by atoms with Crippen LogP contribution < -0.4 is 4.74 Å². The summed E-state index contributed by atoms with van der Waals surface area (Å²) in [5, 5.41) is 9.23. The monoisotopic (exact) mass is 208 g/mol. The van der Waals surface area contributed by atoms with Crippen LogP contribution in [-0.4, -0.2) is 23.8 Å². The normalized spacial score (nSPS) is 18.1. The van der Waals surface area contributed by atoms with E-state index in [0.717, 1.165) is 5.56 Å². The van der Waals surface area contributed by atoms with Gasteiger partial charge in [0.2, 0.25) is 0 Å². The highest BCUT2D eigenvalue weighted by atomic mass is 16.6. The molecule has 4 nitrogen and oxygen atoms in total. The molecule has 1 atom stereocenters. The molecule has 0 aromatic heterocycles. The summed E-state index contributed by atoms with van der Waals surface area (Å²) in [6.07, 6.45) is -0.0594. The van der Waals surface area contributed by atoms with Crippen LogP contribution in [0.4, 0.5) is 0 Å². The van der Waals surface area contributed by atoms with Gasteiger partial charge < -0.3 is 14.6 Å².